The molecular weight excluding hydrogens is 524 g/mol. The number of likely N-dealkylation sites (N-methyl/N-ethyl adjacent to an activating group) is 2. The van der Waals surface area contributed by atoms with Gasteiger partial charge in [-0.3, -0.25) is 9.59 Å². The highest BCUT2D eigenvalue weighted by atomic mass is 16.3. The van der Waals surface area contributed by atoms with Gasteiger partial charge >= 0.3 is 0 Å². The normalized spacial score (nSPS) is 15.7. The highest BCUT2D eigenvalue weighted by Crippen LogP contribution is 2.30. The van der Waals surface area contributed by atoms with Gasteiger partial charge in [-0.05, 0) is 69.4 Å². The number of nitrogens with one attached hydrogen (secondary N) is 1. The van der Waals surface area contributed by atoms with Crippen LogP contribution in [0.1, 0.15) is 64.2 Å². The quantitative estimate of drug-likeness (QED) is 0.169. The van der Waals surface area contributed by atoms with Crippen molar-refractivity contribution in [3.8, 4) is 11.3 Å². The van der Waals surface area contributed by atoms with E-state index in [1.807, 2.05) is 81.5 Å². The molecule has 1 heterocycles. The van der Waals surface area contributed by atoms with E-state index in [9.17, 15) is 9.59 Å². The fraction of sp³-hybridized carbons (Fsp3) is 0.400. The van der Waals surface area contributed by atoms with Gasteiger partial charge in [0, 0.05) is 39.0 Å². The van der Waals surface area contributed by atoms with Gasteiger partial charge in [0.25, 0.3) is 5.91 Å². The van der Waals surface area contributed by atoms with Gasteiger partial charge in [-0.25, -0.2) is 4.99 Å². The third kappa shape index (κ3) is 8.93. The predicted molar refractivity (Wildman–Crippen MR) is 173 cm³/mol. The molecule has 7 nitrogen and oxygen atoms in total. The Morgan fingerprint density at radius 2 is 1.83 bits per heavy atom. The number of rotatable bonds is 12. The van der Waals surface area contributed by atoms with Crippen LogP contribution < -0.4 is 5.32 Å². The Labute approximate surface area is 251 Å². The lowest BCUT2D eigenvalue weighted by molar-refractivity contribution is -0.132. The van der Waals surface area contributed by atoms with E-state index in [-0.39, 0.29) is 23.8 Å². The van der Waals surface area contributed by atoms with Gasteiger partial charge in [-0.2, -0.15) is 0 Å². The minimum atomic E-state index is -0.322. The van der Waals surface area contributed by atoms with Crippen LogP contribution in [-0.2, 0) is 16.1 Å². The molecule has 7 heteroatoms. The number of amides is 2. The molecule has 0 bridgehead atoms. The molecule has 0 radical (unpaired) electrons. The maximum Gasteiger partial charge on any atom is 0.272 e. The molecule has 3 rings (SSSR count). The van der Waals surface area contributed by atoms with Crippen LogP contribution in [-0.4, -0.2) is 54.5 Å². The molecule has 0 aliphatic heterocycles. The first-order valence-corrected chi connectivity index (χ1v) is 14.8. The predicted octanol–water partition coefficient (Wildman–Crippen LogP) is 7.00. The Kier molecular flexibility index (Phi) is 12.1. The van der Waals surface area contributed by atoms with Gasteiger partial charge in [0.2, 0.25) is 5.91 Å². The molecule has 1 aliphatic carbocycles. The number of carbonyl (C=O) groups excluding carboxylic acids is 2. The molecule has 1 atom stereocenters. The lowest BCUT2D eigenvalue weighted by Gasteiger charge is -2.32. The topological polar surface area (TPSA) is 78.2 Å². The van der Waals surface area contributed by atoms with Crippen molar-refractivity contribution in [3.63, 3.8) is 0 Å². The maximum atomic E-state index is 13.1. The molecule has 1 aromatic carbocycles. The smallest absolute Gasteiger partial charge is 0.272 e. The largest absolute Gasteiger partial charge is 0.455 e. The third-order valence-corrected chi connectivity index (χ3v) is 7.47. The van der Waals surface area contributed by atoms with Crippen LogP contribution in [0.5, 0.6) is 0 Å². The van der Waals surface area contributed by atoms with Crippen molar-refractivity contribution in [2.24, 2.45) is 10.9 Å². The first kappa shape index (κ1) is 32.4. The van der Waals surface area contributed by atoms with Crippen molar-refractivity contribution >= 4 is 23.2 Å². The van der Waals surface area contributed by atoms with Gasteiger partial charge in [-0.1, -0.05) is 68.3 Å². The maximum absolute atomic E-state index is 13.1. The molecule has 1 unspecified atom stereocenters. The third-order valence-electron chi connectivity index (χ3n) is 7.47. The summed E-state index contributed by atoms with van der Waals surface area (Å²) in [6.45, 7) is 10.3. The van der Waals surface area contributed by atoms with Crippen molar-refractivity contribution in [2.75, 3.05) is 21.1 Å². The SMILES string of the molecule is C=C(NC(C(=O)N(C)C)C1CCCCC1)c1ccc(-c2cccc(CN(C)C(=O)C(=C/C)/N=C(C)/C=C\C=C/C)c2)o1. The molecule has 224 valence electrons. The van der Waals surface area contributed by atoms with Crippen LogP contribution in [0.4, 0.5) is 0 Å². The molecule has 2 aromatic rings. The highest BCUT2D eigenvalue weighted by Gasteiger charge is 2.31. The number of hydrogen-bond acceptors (Lipinski definition) is 5. The molecule has 1 saturated carbocycles. The zero-order chi connectivity index (χ0) is 30.6. The number of carbonyl (C=O) groups is 2. The molecule has 1 N–H and O–H groups in total. The zero-order valence-electron chi connectivity index (χ0n) is 26.0. The molecule has 1 aromatic heterocycles. The molecule has 0 saturated heterocycles. The molecule has 1 fully saturated rings. The number of hydrogen-bond donors (Lipinski definition) is 1. The van der Waals surface area contributed by atoms with Crippen LogP contribution in [0.15, 0.2) is 88.5 Å². The van der Waals surface area contributed by atoms with E-state index in [2.05, 4.69) is 16.9 Å². The summed E-state index contributed by atoms with van der Waals surface area (Å²) in [7, 11) is 5.36. The number of allylic oxidation sites excluding steroid dienone is 5. The van der Waals surface area contributed by atoms with Crippen molar-refractivity contribution in [1.29, 1.82) is 0 Å². The minimum absolute atomic E-state index is 0.0632. The van der Waals surface area contributed by atoms with Crippen LogP contribution in [0, 0.1) is 5.92 Å². The second kappa shape index (κ2) is 15.8. The Morgan fingerprint density at radius 3 is 2.50 bits per heavy atom. The van der Waals surface area contributed by atoms with Gasteiger partial charge in [-0.15, -0.1) is 0 Å². The summed E-state index contributed by atoms with van der Waals surface area (Å²) in [6.07, 6.45) is 15.0. The van der Waals surface area contributed by atoms with Crippen LogP contribution in [0.3, 0.4) is 0 Å². The molecule has 1 aliphatic rings. The lowest BCUT2D eigenvalue weighted by atomic mass is 9.83. The molecule has 2 amide bonds. The van der Waals surface area contributed by atoms with E-state index in [1.165, 1.54) is 6.42 Å². The zero-order valence-corrected chi connectivity index (χ0v) is 26.0. The Hall–Kier alpha value is -4.13. The van der Waals surface area contributed by atoms with E-state index in [4.69, 9.17) is 4.42 Å². The van der Waals surface area contributed by atoms with Crippen LogP contribution >= 0.6 is 0 Å². The standard InChI is InChI=1S/C35H46N4O3/c1-8-10-12-16-25(3)36-30(9-2)34(40)39(7)24-27-17-15-20-29(23-27)32-22-21-31(42-32)26(4)37-33(35(41)38(5)6)28-18-13-11-14-19-28/h8-10,12,15-17,20-23,28,33,37H,4,11,13-14,18-19,24H2,1-3,5-7H3/b10-8-,16-12-,30-9-,36-25+. The summed E-state index contributed by atoms with van der Waals surface area (Å²) in [4.78, 5) is 33.9. The average Bonchev–Trinajstić information content (AvgIpc) is 3.49. The number of nitrogens with zero attached hydrogens (tertiary/aromatic N) is 3. The van der Waals surface area contributed by atoms with Gasteiger partial charge < -0.3 is 19.5 Å². The van der Waals surface area contributed by atoms with Crippen molar-refractivity contribution in [3.05, 3.63) is 90.4 Å². The number of furan rings is 1. The van der Waals surface area contributed by atoms with Crippen molar-refractivity contribution < 1.29 is 14.0 Å². The summed E-state index contributed by atoms with van der Waals surface area (Å²) < 4.78 is 6.20. The van der Waals surface area contributed by atoms with Crippen molar-refractivity contribution in [1.82, 2.24) is 15.1 Å². The fourth-order valence-corrected chi connectivity index (χ4v) is 5.17. The summed E-state index contributed by atoms with van der Waals surface area (Å²) in [5.74, 6) is 1.49. The summed E-state index contributed by atoms with van der Waals surface area (Å²) >= 11 is 0. The van der Waals surface area contributed by atoms with Crippen LogP contribution in [0.25, 0.3) is 17.0 Å². The fourth-order valence-electron chi connectivity index (χ4n) is 5.17. The first-order chi connectivity index (χ1) is 20.1. The van der Waals surface area contributed by atoms with Gasteiger partial charge in [0.1, 0.15) is 23.3 Å². The van der Waals surface area contributed by atoms with E-state index in [1.54, 1.807) is 37.0 Å². The van der Waals surface area contributed by atoms with Crippen LogP contribution in [0.2, 0.25) is 0 Å². The summed E-state index contributed by atoms with van der Waals surface area (Å²) in [5.41, 5.74) is 3.62. The summed E-state index contributed by atoms with van der Waals surface area (Å²) in [6, 6.07) is 11.4. The Bertz CT molecular complexity index is 1360. The monoisotopic (exact) mass is 570 g/mol. The van der Waals surface area contributed by atoms with Gasteiger partial charge in [0.15, 0.2) is 0 Å². The van der Waals surface area contributed by atoms with E-state index < -0.39 is 0 Å². The Balaban J connectivity index is 1.71. The first-order valence-electron chi connectivity index (χ1n) is 14.8. The lowest BCUT2D eigenvalue weighted by Crippen LogP contribution is -2.48. The van der Waals surface area contributed by atoms with Crippen molar-refractivity contribution in [2.45, 2.75) is 65.5 Å². The summed E-state index contributed by atoms with van der Waals surface area (Å²) in [5, 5.41) is 3.40. The Morgan fingerprint density at radius 1 is 1.10 bits per heavy atom. The second-order valence-electron chi connectivity index (χ2n) is 11.1. The average molecular weight is 571 g/mol. The molecule has 42 heavy (non-hydrogen) atoms. The van der Waals surface area contributed by atoms with E-state index in [0.29, 0.717) is 29.5 Å². The molecular formula is C35H46N4O3. The second-order valence-corrected chi connectivity index (χ2v) is 11.1. The van der Waals surface area contributed by atoms with E-state index in [0.717, 1.165) is 42.5 Å². The number of benzene rings is 1. The minimum Gasteiger partial charge on any atom is -0.455 e. The van der Waals surface area contributed by atoms with Gasteiger partial charge in [0.05, 0.1) is 5.70 Å². The van der Waals surface area contributed by atoms with E-state index >= 15 is 0 Å². The highest BCUT2D eigenvalue weighted by molar-refractivity contribution is 6.00. The molecule has 0 spiro atoms. The number of aliphatic imine (C=N–C) groups is 1.